The Morgan fingerprint density at radius 3 is 2.51 bits per heavy atom. The molecule has 0 unspecified atom stereocenters. The number of piperidine rings is 1. The van der Waals surface area contributed by atoms with Gasteiger partial charge in [0.15, 0.2) is 0 Å². The van der Waals surface area contributed by atoms with Crippen LogP contribution in [-0.4, -0.2) is 105 Å². The van der Waals surface area contributed by atoms with Crippen LogP contribution in [0.2, 0.25) is 0 Å². The van der Waals surface area contributed by atoms with Gasteiger partial charge in [-0.1, -0.05) is 0 Å². The second-order valence-corrected chi connectivity index (χ2v) is 10.5. The maximum absolute atomic E-state index is 11.2. The summed E-state index contributed by atoms with van der Waals surface area (Å²) < 4.78 is 9.06. The highest BCUT2D eigenvalue weighted by Crippen LogP contribution is 2.33. The number of hydrogen-bond donors (Lipinski definition) is 1. The van der Waals surface area contributed by atoms with Crippen LogP contribution in [0.25, 0.3) is 27.8 Å². The van der Waals surface area contributed by atoms with E-state index in [-0.39, 0.29) is 0 Å². The number of carboxylic acid groups (broad SMARTS) is 1. The summed E-state index contributed by atoms with van der Waals surface area (Å²) in [5, 5.41) is 28.2. The number of carbonyl (C=O) groups is 1. The fraction of sp³-hybridized carbons (Fsp3) is 0.414. The smallest absolute Gasteiger partial charge is 0.407 e. The van der Waals surface area contributed by atoms with Gasteiger partial charge in [0.05, 0.1) is 36.1 Å². The number of pyridine rings is 2. The number of piperazine rings is 1. The molecule has 12 heteroatoms. The Morgan fingerprint density at radius 1 is 1.02 bits per heavy atom. The highest BCUT2D eigenvalue weighted by molar-refractivity contribution is 5.87. The molecule has 0 atom stereocenters. The average molecular weight is 556 g/mol. The number of likely N-dealkylation sites (tertiary alicyclic amines) is 1. The van der Waals surface area contributed by atoms with Crippen molar-refractivity contribution in [3.8, 4) is 28.3 Å². The summed E-state index contributed by atoms with van der Waals surface area (Å²) in [6.07, 6.45) is 10.5. The molecular formula is C29H33N9O3. The van der Waals surface area contributed by atoms with Gasteiger partial charge in [-0.2, -0.15) is 15.5 Å². The molecule has 4 aromatic rings. The first kappa shape index (κ1) is 26.7. The molecule has 212 valence electrons. The molecule has 6 heterocycles. The Kier molecular flexibility index (Phi) is 7.54. The summed E-state index contributed by atoms with van der Waals surface area (Å²) in [5.41, 5.74) is 4.92. The van der Waals surface area contributed by atoms with Crippen molar-refractivity contribution in [1.29, 1.82) is 5.26 Å². The fourth-order valence-electron chi connectivity index (χ4n) is 5.76. The first-order valence-electron chi connectivity index (χ1n) is 13.9. The van der Waals surface area contributed by atoms with Gasteiger partial charge < -0.3 is 24.5 Å². The van der Waals surface area contributed by atoms with Gasteiger partial charge in [0.25, 0.3) is 0 Å². The largest absolute Gasteiger partial charge is 0.465 e. The molecule has 0 saturated carbocycles. The first-order chi connectivity index (χ1) is 20.0. The van der Waals surface area contributed by atoms with E-state index in [0.29, 0.717) is 37.8 Å². The summed E-state index contributed by atoms with van der Waals surface area (Å²) in [6.45, 7) is 5.86. The third kappa shape index (κ3) is 5.46. The van der Waals surface area contributed by atoms with Gasteiger partial charge in [-0.15, -0.1) is 0 Å². The number of methoxy groups -OCH3 is 1. The number of aromatic nitrogens is 5. The molecule has 0 bridgehead atoms. The molecular weight excluding hydrogens is 522 g/mol. The van der Waals surface area contributed by atoms with Crippen molar-refractivity contribution in [3.63, 3.8) is 0 Å². The van der Waals surface area contributed by atoms with Crippen LogP contribution in [0.15, 0.2) is 49.2 Å². The minimum atomic E-state index is -0.889. The van der Waals surface area contributed by atoms with Crippen molar-refractivity contribution in [2.75, 3.05) is 64.4 Å². The van der Waals surface area contributed by atoms with E-state index in [2.05, 4.69) is 37.9 Å². The summed E-state index contributed by atoms with van der Waals surface area (Å²) in [4.78, 5) is 21.9. The molecule has 2 aliphatic rings. The predicted molar refractivity (Wildman–Crippen MR) is 153 cm³/mol. The van der Waals surface area contributed by atoms with Crippen LogP contribution < -0.4 is 4.90 Å². The minimum absolute atomic E-state index is 0.356. The average Bonchev–Trinajstić information content (AvgIpc) is 3.68. The van der Waals surface area contributed by atoms with Crippen molar-refractivity contribution in [2.45, 2.75) is 18.9 Å². The Morgan fingerprint density at radius 2 is 1.83 bits per heavy atom. The maximum atomic E-state index is 11.2. The zero-order valence-electron chi connectivity index (χ0n) is 23.1. The Bertz CT molecular complexity index is 1560. The van der Waals surface area contributed by atoms with Gasteiger partial charge in [-0.05, 0) is 31.0 Å². The molecule has 0 spiro atoms. The molecule has 2 fully saturated rings. The quantitative estimate of drug-likeness (QED) is 0.366. The summed E-state index contributed by atoms with van der Waals surface area (Å²) >= 11 is 0. The van der Waals surface area contributed by atoms with E-state index in [1.807, 2.05) is 30.7 Å². The standard InChI is InChI=1S/C29H33N9O3/c1-41-13-12-34-6-4-25(5-7-34)37-20-24(18-32-37)22-14-26(28-23(15-30)17-33-38(28)19-22)21-2-3-27(31-16-21)35-8-10-36(11-9-35)29(39)40/h2-3,14,16-20,25H,4-13H2,1H3,(H,39,40). The zero-order valence-corrected chi connectivity index (χ0v) is 23.1. The minimum Gasteiger partial charge on any atom is -0.465 e. The van der Waals surface area contributed by atoms with Gasteiger partial charge in [-0.25, -0.2) is 14.3 Å². The van der Waals surface area contributed by atoms with E-state index in [0.717, 1.165) is 72.7 Å². The van der Waals surface area contributed by atoms with E-state index in [1.165, 1.54) is 4.90 Å². The number of amides is 1. The van der Waals surface area contributed by atoms with Gasteiger partial charge in [-0.3, -0.25) is 4.68 Å². The second-order valence-electron chi connectivity index (χ2n) is 10.5. The van der Waals surface area contributed by atoms with E-state index in [9.17, 15) is 15.2 Å². The van der Waals surface area contributed by atoms with Crippen LogP contribution in [0, 0.1) is 11.3 Å². The molecule has 41 heavy (non-hydrogen) atoms. The lowest BCUT2D eigenvalue weighted by molar-refractivity contribution is 0.119. The number of fused-ring (bicyclic) bond motifs is 1. The topological polar surface area (TPSA) is 128 Å². The van der Waals surface area contributed by atoms with Gasteiger partial charge in [0.2, 0.25) is 0 Å². The molecule has 2 aliphatic heterocycles. The Hall–Kier alpha value is -4.47. The van der Waals surface area contributed by atoms with Crippen LogP contribution in [0.3, 0.4) is 0 Å². The molecule has 0 aliphatic carbocycles. The van der Waals surface area contributed by atoms with Gasteiger partial charge >= 0.3 is 6.09 Å². The Labute approximate surface area is 238 Å². The van der Waals surface area contributed by atoms with E-state index < -0.39 is 6.09 Å². The normalized spacial score (nSPS) is 16.8. The number of hydrogen-bond acceptors (Lipinski definition) is 8. The second kappa shape index (κ2) is 11.6. The third-order valence-electron chi connectivity index (χ3n) is 8.14. The van der Waals surface area contributed by atoms with Crippen molar-refractivity contribution in [1.82, 2.24) is 34.2 Å². The molecule has 4 aromatic heterocycles. The van der Waals surface area contributed by atoms with Crippen LogP contribution in [0.1, 0.15) is 24.4 Å². The molecule has 0 radical (unpaired) electrons. The monoisotopic (exact) mass is 555 g/mol. The lowest BCUT2D eigenvalue weighted by atomic mass is 10.0. The maximum Gasteiger partial charge on any atom is 0.407 e. The number of rotatable bonds is 7. The van der Waals surface area contributed by atoms with Gasteiger partial charge in [0, 0.05) is 93.8 Å². The molecule has 2 saturated heterocycles. The van der Waals surface area contributed by atoms with E-state index >= 15 is 0 Å². The van der Waals surface area contributed by atoms with Crippen LogP contribution in [-0.2, 0) is 4.74 Å². The number of anilines is 1. The third-order valence-corrected chi connectivity index (χ3v) is 8.14. The number of nitrogens with zero attached hydrogens (tertiary/aromatic N) is 9. The molecule has 1 N–H and O–H groups in total. The first-order valence-corrected chi connectivity index (χ1v) is 13.9. The number of ether oxygens (including phenoxy) is 1. The summed E-state index contributed by atoms with van der Waals surface area (Å²) in [7, 11) is 1.74. The highest BCUT2D eigenvalue weighted by Gasteiger charge is 2.23. The lowest BCUT2D eigenvalue weighted by Gasteiger charge is -2.33. The SMILES string of the molecule is COCCN1CCC(n2cc(-c3cc(-c4ccc(N5CCN(C(=O)O)CC5)nc4)c4c(C#N)cnn4c3)cn2)CC1. The molecule has 12 nitrogen and oxygen atoms in total. The van der Waals surface area contributed by atoms with Crippen molar-refractivity contribution in [3.05, 3.63) is 54.7 Å². The van der Waals surface area contributed by atoms with Crippen LogP contribution >= 0.6 is 0 Å². The number of nitriles is 1. The van der Waals surface area contributed by atoms with Crippen molar-refractivity contribution >= 4 is 17.4 Å². The van der Waals surface area contributed by atoms with Crippen molar-refractivity contribution < 1.29 is 14.6 Å². The zero-order chi connectivity index (χ0) is 28.3. The summed E-state index contributed by atoms with van der Waals surface area (Å²) in [5.74, 6) is 0.800. The predicted octanol–water partition coefficient (Wildman–Crippen LogP) is 3.21. The van der Waals surface area contributed by atoms with Gasteiger partial charge in [0.1, 0.15) is 11.9 Å². The van der Waals surface area contributed by atoms with E-state index in [4.69, 9.17) is 14.8 Å². The molecule has 6 rings (SSSR count). The Balaban J connectivity index is 1.25. The lowest BCUT2D eigenvalue weighted by Crippen LogP contribution is -2.48. The highest BCUT2D eigenvalue weighted by atomic mass is 16.5. The fourth-order valence-corrected chi connectivity index (χ4v) is 5.76. The molecule has 0 aromatic carbocycles. The van der Waals surface area contributed by atoms with Crippen LogP contribution in [0.4, 0.5) is 10.6 Å². The van der Waals surface area contributed by atoms with Crippen molar-refractivity contribution in [2.24, 2.45) is 0 Å². The van der Waals surface area contributed by atoms with E-state index in [1.54, 1.807) is 17.8 Å². The summed E-state index contributed by atoms with van der Waals surface area (Å²) in [6, 6.07) is 8.65. The van der Waals surface area contributed by atoms with Crippen LogP contribution in [0.5, 0.6) is 0 Å². The molecule has 1 amide bonds.